The molecule has 0 heterocycles. The van der Waals surface area contributed by atoms with Crippen LogP contribution in [-0.2, 0) is 0 Å². The van der Waals surface area contributed by atoms with Crippen LogP contribution in [0.5, 0.6) is 0 Å². The fraction of sp³-hybridized carbons (Fsp3) is 0.667. The molecule has 2 heteroatoms. The standard InChI is InChI=1S/C18H27N.H4Si/c1-4-10-16(11-5-1)19(17-12-6-2-7-13-17)18-14-8-3-9-15-18;/h1,4-5,10-11,17-18H,2-3,6-9,12-15H2;1H4. The summed E-state index contributed by atoms with van der Waals surface area (Å²) in [6.45, 7) is 0. The summed E-state index contributed by atoms with van der Waals surface area (Å²) < 4.78 is 0. The summed E-state index contributed by atoms with van der Waals surface area (Å²) in [7, 11) is 0. The second kappa shape index (κ2) is 7.87. The third-order valence-electron chi connectivity index (χ3n) is 4.99. The van der Waals surface area contributed by atoms with Crippen LogP contribution in [0.25, 0.3) is 0 Å². The van der Waals surface area contributed by atoms with Crippen LogP contribution < -0.4 is 4.90 Å². The Morgan fingerprint density at radius 3 is 1.55 bits per heavy atom. The van der Waals surface area contributed by atoms with Crippen LogP contribution in [0.15, 0.2) is 30.3 Å². The fourth-order valence-corrected chi connectivity index (χ4v) is 4.04. The molecule has 0 radical (unpaired) electrons. The second-order valence-electron chi connectivity index (χ2n) is 6.33. The Morgan fingerprint density at radius 1 is 0.650 bits per heavy atom. The molecule has 1 nitrogen and oxygen atoms in total. The van der Waals surface area contributed by atoms with E-state index in [-0.39, 0.29) is 11.0 Å². The van der Waals surface area contributed by atoms with Crippen molar-refractivity contribution in [3.63, 3.8) is 0 Å². The van der Waals surface area contributed by atoms with Crippen molar-refractivity contribution in [1.82, 2.24) is 0 Å². The van der Waals surface area contributed by atoms with Crippen molar-refractivity contribution >= 4 is 16.7 Å². The Balaban J connectivity index is 0.00000147. The van der Waals surface area contributed by atoms with Crippen molar-refractivity contribution in [2.75, 3.05) is 4.90 Å². The molecule has 0 bridgehead atoms. The lowest BCUT2D eigenvalue weighted by Gasteiger charge is -2.43. The predicted molar refractivity (Wildman–Crippen MR) is 94.0 cm³/mol. The number of nitrogens with zero attached hydrogens (tertiary/aromatic N) is 1. The second-order valence-corrected chi connectivity index (χ2v) is 6.33. The molecule has 0 amide bonds. The lowest BCUT2D eigenvalue weighted by molar-refractivity contribution is 0.340. The fourth-order valence-electron chi connectivity index (χ4n) is 4.04. The Hall–Kier alpha value is -0.763. The molecule has 3 rings (SSSR count). The summed E-state index contributed by atoms with van der Waals surface area (Å²) in [4.78, 5) is 2.80. The summed E-state index contributed by atoms with van der Waals surface area (Å²) in [5.41, 5.74) is 1.47. The molecule has 0 unspecified atom stereocenters. The topological polar surface area (TPSA) is 3.24 Å². The third kappa shape index (κ3) is 3.66. The highest BCUT2D eigenvalue weighted by Gasteiger charge is 2.28. The van der Waals surface area contributed by atoms with E-state index in [0.717, 1.165) is 12.1 Å². The lowest BCUT2D eigenvalue weighted by atomic mass is 9.88. The minimum atomic E-state index is 0. The maximum absolute atomic E-state index is 2.80. The van der Waals surface area contributed by atoms with Gasteiger partial charge in [0.05, 0.1) is 0 Å². The van der Waals surface area contributed by atoms with Gasteiger partial charge in [-0.2, -0.15) is 0 Å². The number of hydrogen-bond acceptors (Lipinski definition) is 1. The molecule has 0 saturated heterocycles. The summed E-state index contributed by atoms with van der Waals surface area (Å²) in [5, 5.41) is 0. The van der Waals surface area contributed by atoms with Gasteiger partial charge in [-0.3, -0.25) is 0 Å². The minimum absolute atomic E-state index is 0. The Morgan fingerprint density at radius 2 is 1.10 bits per heavy atom. The zero-order valence-corrected chi connectivity index (χ0v) is 12.1. The third-order valence-corrected chi connectivity index (χ3v) is 4.99. The van der Waals surface area contributed by atoms with Crippen LogP contribution in [0.1, 0.15) is 64.2 Å². The highest BCUT2D eigenvalue weighted by Crippen LogP contribution is 2.33. The van der Waals surface area contributed by atoms with Gasteiger partial charge in [-0.05, 0) is 48.8 Å². The predicted octanol–water partition coefficient (Wildman–Crippen LogP) is 3.71. The minimum Gasteiger partial charge on any atom is -0.366 e. The van der Waals surface area contributed by atoms with Gasteiger partial charge in [0.25, 0.3) is 0 Å². The molecule has 1 aromatic rings. The van der Waals surface area contributed by atoms with Gasteiger partial charge in [-0.15, -0.1) is 0 Å². The number of benzene rings is 1. The van der Waals surface area contributed by atoms with Gasteiger partial charge in [0.1, 0.15) is 0 Å². The van der Waals surface area contributed by atoms with Gasteiger partial charge in [-0.1, -0.05) is 56.7 Å². The monoisotopic (exact) mass is 289 g/mol. The van der Waals surface area contributed by atoms with E-state index < -0.39 is 0 Å². The van der Waals surface area contributed by atoms with Gasteiger partial charge >= 0.3 is 0 Å². The van der Waals surface area contributed by atoms with Crippen LogP contribution in [0.4, 0.5) is 5.69 Å². The summed E-state index contributed by atoms with van der Waals surface area (Å²) in [6, 6.07) is 12.8. The van der Waals surface area contributed by atoms with Gasteiger partial charge in [0, 0.05) is 17.8 Å². The molecular formula is C18H31NSi. The normalized spacial score (nSPS) is 21.2. The van der Waals surface area contributed by atoms with Crippen LogP contribution in [0, 0.1) is 0 Å². The molecule has 20 heavy (non-hydrogen) atoms. The van der Waals surface area contributed by atoms with Gasteiger partial charge in [-0.25, -0.2) is 0 Å². The van der Waals surface area contributed by atoms with Crippen molar-refractivity contribution in [3.8, 4) is 0 Å². The zero-order valence-electron chi connectivity index (χ0n) is 12.1. The number of anilines is 1. The van der Waals surface area contributed by atoms with Crippen molar-refractivity contribution in [3.05, 3.63) is 30.3 Å². The molecule has 1 aromatic carbocycles. The van der Waals surface area contributed by atoms with E-state index in [1.807, 2.05) is 0 Å². The molecule has 0 spiro atoms. The van der Waals surface area contributed by atoms with E-state index in [9.17, 15) is 0 Å². The first kappa shape index (κ1) is 15.6. The molecule has 0 aromatic heterocycles. The molecule has 0 N–H and O–H groups in total. The van der Waals surface area contributed by atoms with Crippen LogP contribution in [-0.4, -0.2) is 23.0 Å². The van der Waals surface area contributed by atoms with Crippen molar-refractivity contribution in [2.45, 2.75) is 76.3 Å². The Kier molecular flexibility index (Phi) is 6.15. The SMILES string of the molecule is [SiH4].c1ccc(N(C2CCCCC2)C2CCCCC2)cc1. The Bertz CT molecular complexity index is 348. The molecule has 2 aliphatic rings. The quantitative estimate of drug-likeness (QED) is 0.767. The molecule has 0 aliphatic heterocycles. The van der Waals surface area contributed by atoms with Gasteiger partial charge < -0.3 is 4.90 Å². The Labute approximate surface area is 128 Å². The van der Waals surface area contributed by atoms with Gasteiger partial charge in [0.2, 0.25) is 0 Å². The zero-order chi connectivity index (χ0) is 12.9. The van der Waals surface area contributed by atoms with E-state index in [1.165, 1.54) is 69.9 Å². The van der Waals surface area contributed by atoms with Crippen molar-refractivity contribution in [1.29, 1.82) is 0 Å². The van der Waals surface area contributed by atoms with Crippen LogP contribution >= 0.6 is 0 Å². The van der Waals surface area contributed by atoms with Crippen LogP contribution in [0.3, 0.4) is 0 Å². The molecule has 2 aliphatic carbocycles. The van der Waals surface area contributed by atoms with Crippen molar-refractivity contribution < 1.29 is 0 Å². The van der Waals surface area contributed by atoms with Gasteiger partial charge in [0.15, 0.2) is 0 Å². The maximum atomic E-state index is 2.80. The van der Waals surface area contributed by atoms with E-state index in [1.54, 1.807) is 0 Å². The number of para-hydroxylation sites is 1. The lowest BCUT2D eigenvalue weighted by Crippen LogP contribution is -2.45. The summed E-state index contributed by atoms with van der Waals surface area (Å²) in [5.74, 6) is 0. The number of rotatable bonds is 3. The largest absolute Gasteiger partial charge is 0.366 e. The average Bonchev–Trinajstić information content (AvgIpc) is 2.51. The highest BCUT2D eigenvalue weighted by atomic mass is 28.1. The average molecular weight is 290 g/mol. The van der Waals surface area contributed by atoms with Crippen LogP contribution in [0.2, 0.25) is 0 Å². The first-order chi connectivity index (χ1) is 9.45. The van der Waals surface area contributed by atoms with E-state index in [4.69, 9.17) is 0 Å². The first-order valence-electron chi connectivity index (χ1n) is 8.28. The highest BCUT2D eigenvalue weighted by molar-refractivity contribution is 5.75. The molecule has 112 valence electrons. The molecule has 0 atom stereocenters. The first-order valence-corrected chi connectivity index (χ1v) is 8.28. The van der Waals surface area contributed by atoms with E-state index in [2.05, 4.69) is 35.2 Å². The maximum Gasteiger partial charge on any atom is 0.0371 e. The smallest absolute Gasteiger partial charge is 0.0371 e. The molecule has 2 saturated carbocycles. The van der Waals surface area contributed by atoms with E-state index in [0.29, 0.717) is 0 Å². The molecule has 2 fully saturated rings. The van der Waals surface area contributed by atoms with Crippen molar-refractivity contribution in [2.24, 2.45) is 0 Å². The summed E-state index contributed by atoms with van der Waals surface area (Å²) >= 11 is 0. The summed E-state index contributed by atoms with van der Waals surface area (Å²) in [6.07, 6.45) is 14.3. The number of hydrogen-bond donors (Lipinski definition) is 0. The van der Waals surface area contributed by atoms with E-state index >= 15 is 0 Å². The molecular weight excluding hydrogens is 258 g/mol.